The van der Waals surface area contributed by atoms with Crippen LogP contribution in [0.15, 0.2) is 67.0 Å². The van der Waals surface area contributed by atoms with Crippen LogP contribution in [0.2, 0.25) is 0 Å². The van der Waals surface area contributed by atoms with E-state index >= 15 is 0 Å². The summed E-state index contributed by atoms with van der Waals surface area (Å²) >= 11 is 0. The molecule has 37 heavy (non-hydrogen) atoms. The van der Waals surface area contributed by atoms with Gasteiger partial charge < -0.3 is 4.90 Å². The molecule has 0 saturated heterocycles. The Morgan fingerprint density at radius 2 is 1.73 bits per heavy atom. The van der Waals surface area contributed by atoms with Crippen molar-refractivity contribution in [1.82, 2.24) is 4.98 Å². The monoisotopic (exact) mass is 496 g/mol. The molecule has 198 valence electrons. The predicted molar refractivity (Wildman–Crippen MR) is 161 cm³/mol. The maximum Gasteiger partial charge on any atom is 0.133 e. The summed E-state index contributed by atoms with van der Waals surface area (Å²) in [6, 6.07) is 11.6. The average Bonchev–Trinajstić information content (AvgIpc) is 2.95. The van der Waals surface area contributed by atoms with Crippen LogP contribution < -0.4 is 4.90 Å². The zero-order chi connectivity index (χ0) is 26.2. The topological polar surface area (TPSA) is 16.1 Å². The molecule has 2 nitrogen and oxygen atoms in total. The van der Waals surface area contributed by atoms with E-state index in [-0.39, 0.29) is 0 Å². The second kappa shape index (κ2) is 13.3. The lowest BCUT2D eigenvalue weighted by Gasteiger charge is -2.37. The SMILES string of the molecule is C=C(/C=C/c1ccnc(N(CC2CCC(c3ccc(CC)c(C)c3)CC2)C(=C)C2CCCCC2)c1)CC. The number of allylic oxidation sites excluding steroid dienone is 3. The minimum atomic E-state index is 0.589. The van der Waals surface area contributed by atoms with Gasteiger partial charge in [-0.15, -0.1) is 0 Å². The van der Waals surface area contributed by atoms with Crippen molar-refractivity contribution in [2.45, 2.75) is 97.3 Å². The van der Waals surface area contributed by atoms with Gasteiger partial charge in [0.25, 0.3) is 0 Å². The number of rotatable bonds is 10. The largest absolute Gasteiger partial charge is 0.330 e. The molecule has 4 rings (SSSR count). The van der Waals surface area contributed by atoms with Crippen LogP contribution >= 0.6 is 0 Å². The van der Waals surface area contributed by atoms with Gasteiger partial charge >= 0.3 is 0 Å². The van der Waals surface area contributed by atoms with Crippen molar-refractivity contribution < 1.29 is 0 Å². The summed E-state index contributed by atoms with van der Waals surface area (Å²) in [7, 11) is 0. The number of anilines is 1. The van der Waals surface area contributed by atoms with Crippen molar-refractivity contribution in [3.63, 3.8) is 0 Å². The van der Waals surface area contributed by atoms with E-state index in [0.717, 1.165) is 30.8 Å². The first kappa shape index (κ1) is 27.4. The van der Waals surface area contributed by atoms with E-state index < -0.39 is 0 Å². The molecule has 2 aromatic rings. The van der Waals surface area contributed by atoms with Crippen molar-refractivity contribution in [1.29, 1.82) is 0 Å². The number of hydrogen-bond acceptors (Lipinski definition) is 2. The van der Waals surface area contributed by atoms with Gasteiger partial charge in [-0.25, -0.2) is 4.98 Å². The van der Waals surface area contributed by atoms with Gasteiger partial charge in [0, 0.05) is 18.4 Å². The molecule has 0 aliphatic heterocycles. The lowest BCUT2D eigenvalue weighted by atomic mass is 9.77. The van der Waals surface area contributed by atoms with Crippen LogP contribution in [0.25, 0.3) is 6.08 Å². The van der Waals surface area contributed by atoms with E-state index in [2.05, 4.69) is 81.3 Å². The Morgan fingerprint density at radius 3 is 2.41 bits per heavy atom. The normalized spacial score (nSPS) is 20.7. The van der Waals surface area contributed by atoms with Gasteiger partial charge in [-0.2, -0.15) is 0 Å². The Labute approximate surface area is 226 Å². The molecule has 1 heterocycles. The zero-order valence-electron chi connectivity index (χ0n) is 23.6. The van der Waals surface area contributed by atoms with Crippen molar-refractivity contribution in [2.75, 3.05) is 11.4 Å². The molecule has 2 saturated carbocycles. The van der Waals surface area contributed by atoms with Gasteiger partial charge in [0.2, 0.25) is 0 Å². The fourth-order valence-electron chi connectivity index (χ4n) is 6.34. The quantitative estimate of drug-likeness (QED) is 0.304. The lowest BCUT2D eigenvalue weighted by Crippen LogP contribution is -2.34. The lowest BCUT2D eigenvalue weighted by molar-refractivity contribution is 0.323. The molecule has 0 bridgehead atoms. The van der Waals surface area contributed by atoms with Crippen LogP contribution in [0.1, 0.15) is 106 Å². The fraction of sp³-hybridized carbons (Fsp3) is 0.514. The van der Waals surface area contributed by atoms with Crippen LogP contribution in [0.5, 0.6) is 0 Å². The highest BCUT2D eigenvalue weighted by molar-refractivity contribution is 5.58. The van der Waals surface area contributed by atoms with E-state index in [9.17, 15) is 0 Å². The fourth-order valence-corrected chi connectivity index (χ4v) is 6.34. The molecule has 0 amide bonds. The first-order chi connectivity index (χ1) is 18.0. The Bertz CT molecular complexity index is 1080. The van der Waals surface area contributed by atoms with E-state index in [1.807, 2.05) is 6.20 Å². The zero-order valence-corrected chi connectivity index (χ0v) is 23.6. The van der Waals surface area contributed by atoms with Crippen LogP contribution in [0.4, 0.5) is 5.82 Å². The summed E-state index contributed by atoms with van der Waals surface area (Å²) < 4.78 is 0. The number of benzene rings is 1. The van der Waals surface area contributed by atoms with E-state index in [1.165, 1.54) is 80.2 Å². The van der Waals surface area contributed by atoms with Crippen LogP contribution in [-0.4, -0.2) is 11.5 Å². The molecule has 2 aliphatic carbocycles. The molecule has 0 spiro atoms. The highest BCUT2D eigenvalue weighted by atomic mass is 15.2. The Morgan fingerprint density at radius 1 is 0.973 bits per heavy atom. The van der Waals surface area contributed by atoms with Crippen LogP contribution in [0.3, 0.4) is 0 Å². The summed E-state index contributed by atoms with van der Waals surface area (Å²) in [5.41, 5.74) is 8.12. The van der Waals surface area contributed by atoms with Gasteiger partial charge in [0.15, 0.2) is 0 Å². The van der Waals surface area contributed by atoms with Gasteiger partial charge in [0.05, 0.1) is 0 Å². The van der Waals surface area contributed by atoms with E-state index in [0.29, 0.717) is 17.8 Å². The number of pyridine rings is 1. The van der Waals surface area contributed by atoms with Crippen LogP contribution in [-0.2, 0) is 6.42 Å². The first-order valence-corrected chi connectivity index (χ1v) is 14.9. The third-order valence-electron chi connectivity index (χ3n) is 8.94. The Hall–Kier alpha value is -2.61. The maximum atomic E-state index is 4.87. The highest BCUT2D eigenvalue weighted by Gasteiger charge is 2.28. The Kier molecular flexibility index (Phi) is 9.83. The molecule has 0 atom stereocenters. The number of aromatic nitrogens is 1. The number of hydrogen-bond donors (Lipinski definition) is 0. The van der Waals surface area contributed by atoms with Crippen molar-refractivity contribution in [3.8, 4) is 0 Å². The van der Waals surface area contributed by atoms with Crippen molar-refractivity contribution in [3.05, 3.63) is 89.3 Å². The van der Waals surface area contributed by atoms with Crippen molar-refractivity contribution in [2.24, 2.45) is 11.8 Å². The molecule has 2 heteroatoms. The molecule has 1 aromatic heterocycles. The molecular weight excluding hydrogens is 448 g/mol. The summed E-state index contributed by atoms with van der Waals surface area (Å²) in [5.74, 6) is 3.04. The highest BCUT2D eigenvalue weighted by Crippen LogP contribution is 2.39. The van der Waals surface area contributed by atoms with Crippen LogP contribution in [0, 0.1) is 18.8 Å². The van der Waals surface area contributed by atoms with E-state index in [1.54, 1.807) is 5.56 Å². The van der Waals surface area contributed by atoms with Crippen molar-refractivity contribution >= 4 is 11.9 Å². The molecule has 0 unspecified atom stereocenters. The predicted octanol–water partition coefficient (Wildman–Crippen LogP) is 9.81. The van der Waals surface area contributed by atoms with Gasteiger partial charge in [-0.05, 0) is 110 Å². The third-order valence-corrected chi connectivity index (χ3v) is 8.94. The summed E-state index contributed by atoms with van der Waals surface area (Å²) in [6.45, 7) is 16.5. The summed E-state index contributed by atoms with van der Waals surface area (Å²) in [6.07, 6.45) is 20.1. The maximum absolute atomic E-state index is 4.87. The minimum Gasteiger partial charge on any atom is -0.330 e. The molecule has 1 aromatic carbocycles. The molecule has 0 radical (unpaired) electrons. The standard InChI is InChI=1S/C35H48N2/c1-6-26(3)13-14-29-21-22-36-35(24-29)37(28(5)32-11-9-8-10-12-32)25-30-15-17-33(18-16-30)34-20-19-31(7-2)27(4)23-34/h13-14,19-24,30,32-33H,3,5-12,15-18,25H2,1-2,4H3/b14-13+. The Balaban J connectivity index is 1.48. The summed E-state index contributed by atoms with van der Waals surface area (Å²) in [5, 5.41) is 0. The molecular formula is C35H48N2. The first-order valence-electron chi connectivity index (χ1n) is 14.9. The molecule has 2 aliphatic rings. The smallest absolute Gasteiger partial charge is 0.133 e. The van der Waals surface area contributed by atoms with E-state index in [4.69, 9.17) is 4.98 Å². The second-order valence-electron chi connectivity index (χ2n) is 11.5. The second-order valence-corrected chi connectivity index (χ2v) is 11.5. The molecule has 2 fully saturated rings. The number of nitrogens with zero attached hydrogens (tertiary/aromatic N) is 2. The number of aryl methyl sites for hydroxylation is 2. The average molecular weight is 497 g/mol. The summed E-state index contributed by atoms with van der Waals surface area (Å²) in [4.78, 5) is 7.36. The molecule has 0 N–H and O–H groups in total. The van der Waals surface area contributed by atoms with Gasteiger partial charge in [0.1, 0.15) is 5.82 Å². The van der Waals surface area contributed by atoms with Gasteiger partial charge in [-0.3, -0.25) is 0 Å². The van der Waals surface area contributed by atoms with Gasteiger partial charge in [-0.1, -0.05) is 82.2 Å². The minimum absolute atomic E-state index is 0.589. The third kappa shape index (κ3) is 7.24.